The standard InChI is InChI=1S/C15H32N4/c1-14(2)18-9-5-15(13-16,6-10-18)19-8-4-7-17(3)11-12-19/h14H,4-13,16H2,1-3H3. The summed E-state index contributed by atoms with van der Waals surface area (Å²) < 4.78 is 0. The molecule has 2 N–H and O–H groups in total. The van der Waals surface area contributed by atoms with Crippen LogP contribution in [0.5, 0.6) is 0 Å². The van der Waals surface area contributed by atoms with Gasteiger partial charge in [0.15, 0.2) is 0 Å². The van der Waals surface area contributed by atoms with E-state index in [9.17, 15) is 0 Å². The second-order valence-electron chi connectivity index (χ2n) is 6.70. The minimum atomic E-state index is 0.274. The molecular formula is C15H32N4. The Labute approximate surface area is 118 Å². The molecule has 0 aromatic carbocycles. The van der Waals surface area contributed by atoms with E-state index in [1.807, 2.05) is 0 Å². The molecule has 2 saturated heterocycles. The van der Waals surface area contributed by atoms with E-state index in [1.54, 1.807) is 0 Å². The lowest BCUT2D eigenvalue weighted by molar-refractivity contribution is 0.0205. The van der Waals surface area contributed by atoms with Crippen molar-refractivity contribution in [1.29, 1.82) is 0 Å². The van der Waals surface area contributed by atoms with Crippen LogP contribution in [0, 0.1) is 0 Å². The number of rotatable bonds is 3. The molecule has 2 aliphatic rings. The molecule has 2 heterocycles. The Morgan fingerprint density at radius 1 is 1.00 bits per heavy atom. The molecule has 0 aromatic heterocycles. The van der Waals surface area contributed by atoms with Gasteiger partial charge in [-0.2, -0.15) is 0 Å². The Morgan fingerprint density at radius 2 is 1.68 bits per heavy atom. The number of likely N-dealkylation sites (tertiary alicyclic amines) is 1. The van der Waals surface area contributed by atoms with Gasteiger partial charge in [-0.25, -0.2) is 0 Å². The predicted molar refractivity (Wildman–Crippen MR) is 81.4 cm³/mol. The number of nitrogens with two attached hydrogens (primary N) is 1. The van der Waals surface area contributed by atoms with Gasteiger partial charge >= 0.3 is 0 Å². The van der Waals surface area contributed by atoms with Gasteiger partial charge in [-0.1, -0.05) is 0 Å². The van der Waals surface area contributed by atoms with Crippen molar-refractivity contribution in [3.8, 4) is 0 Å². The van der Waals surface area contributed by atoms with Crippen molar-refractivity contribution in [1.82, 2.24) is 14.7 Å². The van der Waals surface area contributed by atoms with Gasteiger partial charge in [0.25, 0.3) is 0 Å². The molecule has 19 heavy (non-hydrogen) atoms. The summed E-state index contributed by atoms with van der Waals surface area (Å²) in [6.45, 7) is 12.7. The number of piperidine rings is 1. The number of nitrogens with zero attached hydrogens (tertiary/aromatic N) is 3. The van der Waals surface area contributed by atoms with Crippen LogP contribution >= 0.6 is 0 Å². The van der Waals surface area contributed by atoms with Crippen molar-refractivity contribution in [2.24, 2.45) is 5.73 Å². The van der Waals surface area contributed by atoms with Gasteiger partial charge in [-0.3, -0.25) is 4.90 Å². The molecule has 0 aromatic rings. The summed E-state index contributed by atoms with van der Waals surface area (Å²) in [6.07, 6.45) is 3.77. The molecule has 2 aliphatic heterocycles. The summed E-state index contributed by atoms with van der Waals surface area (Å²) in [7, 11) is 2.24. The lowest BCUT2D eigenvalue weighted by Crippen LogP contribution is -2.60. The molecular weight excluding hydrogens is 236 g/mol. The zero-order valence-electron chi connectivity index (χ0n) is 13.1. The highest BCUT2D eigenvalue weighted by atomic mass is 15.3. The van der Waals surface area contributed by atoms with Crippen LogP contribution in [-0.2, 0) is 0 Å². The maximum atomic E-state index is 6.20. The molecule has 0 aliphatic carbocycles. The van der Waals surface area contributed by atoms with Gasteiger partial charge in [0.05, 0.1) is 0 Å². The molecule has 112 valence electrons. The number of hydrogen-bond acceptors (Lipinski definition) is 4. The Bertz CT molecular complexity index is 271. The van der Waals surface area contributed by atoms with Crippen LogP contribution in [0.1, 0.15) is 33.1 Å². The first-order valence-electron chi connectivity index (χ1n) is 7.95. The molecule has 0 bridgehead atoms. The fraction of sp³-hybridized carbons (Fsp3) is 1.00. The highest BCUT2D eigenvalue weighted by molar-refractivity contribution is 4.97. The van der Waals surface area contributed by atoms with Crippen LogP contribution in [0.25, 0.3) is 0 Å². The van der Waals surface area contributed by atoms with Gasteiger partial charge in [-0.05, 0) is 46.7 Å². The maximum Gasteiger partial charge on any atom is 0.0356 e. The van der Waals surface area contributed by atoms with Crippen molar-refractivity contribution in [2.45, 2.75) is 44.7 Å². The first-order valence-corrected chi connectivity index (χ1v) is 7.95. The Balaban J connectivity index is 1.99. The lowest BCUT2D eigenvalue weighted by atomic mass is 9.85. The summed E-state index contributed by atoms with van der Waals surface area (Å²) >= 11 is 0. The molecule has 0 saturated carbocycles. The fourth-order valence-corrected chi connectivity index (χ4v) is 3.63. The lowest BCUT2D eigenvalue weighted by Gasteiger charge is -2.49. The zero-order valence-corrected chi connectivity index (χ0v) is 13.1. The third kappa shape index (κ3) is 3.48. The van der Waals surface area contributed by atoms with Crippen molar-refractivity contribution < 1.29 is 0 Å². The fourth-order valence-electron chi connectivity index (χ4n) is 3.63. The molecule has 0 amide bonds. The average molecular weight is 268 g/mol. The number of likely N-dealkylation sites (N-methyl/N-ethyl adjacent to an activating group) is 1. The zero-order chi connectivity index (χ0) is 13.9. The normalized spacial score (nSPS) is 27.6. The summed E-state index contributed by atoms with van der Waals surface area (Å²) in [5, 5.41) is 0. The van der Waals surface area contributed by atoms with Crippen molar-refractivity contribution in [2.75, 3.05) is 52.9 Å². The summed E-state index contributed by atoms with van der Waals surface area (Å²) in [6, 6.07) is 0.672. The minimum Gasteiger partial charge on any atom is -0.329 e. The van der Waals surface area contributed by atoms with E-state index in [4.69, 9.17) is 5.73 Å². The quantitative estimate of drug-likeness (QED) is 0.822. The average Bonchev–Trinajstić information content (AvgIpc) is 2.64. The summed E-state index contributed by atoms with van der Waals surface area (Å²) in [4.78, 5) is 7.75. The van der Waals surface area contributed by atoms with Crippen molar-refractivity contribution >= 4 is 0 Å². The van der Waals surface area contributed by atoms with Gasteiger partial charge in [-0.15, -0.1) is 0 Å². The topological polar surface area (TPSA) is 35.7 Å². The number of hydrogen-bond donors (Lipinski definition) is 1. The van der Waals surface area contributed by atoms with Crippen LogP contribution in [0.15, 0.2) is 0 Å². The SMILES string of the molecule is CC(C)N1CCC(CN)(N2CCCN(C)CC2)CC1. The molecule has 0 spiro atoms. The Morgan fingerprint density at radius 3 is 2.26 bits per heavy atom. The molecule has 0 atom stereocenters. The Kier molecular flexibility index (Phi) is 5.23. The van der Waals surface area contributed by atoms with Gasteiger partial charge in [0, 0.05) is 50.8 Å². The van der Waals surface area contributed by atoms with Crippen LogP contribution in [0.2, 0.25) is 0 Å². The predicted octanol–water partition coefficient (Wildman–Crippen LogP) is 0.826. The van der Waals surface area contributed by atoms with E-state index < -0.39 is 0 Å². The molecule has 2 rings (SSSR count). The van der Waals surface area contributed by atoms with Gasteiger partial charge in [0.1, 0.15) is 0 Å². The largest absolute Gasteiger partial charge is 0.329 e. The third-order valence-corrected chi connectivity index (χ3v) is 5.23. The van der Waals surface area contributed by atoms with E-state index >= 15 is 0 Å². The third-order valence-electron chi connectivity index (χ3n) is 5.23. The van der Waals surface area contributed by atoms with Crippen molar-refractivity contribution in [3.63, 3.8) is 0 Å². The highest BCUT2D eigenvalue weighted by Gasteiger charge is 2.39. The first-order chi connectivity index (χ1) is 9.07. The summed E-state index contributed by atoms with van der Waals surface area (Å²) in [5.74, 6) is 0. The summed E-state index contributed by atoms with van der Waals surface area (Å²) in [5.41, 5.74) is 6.48. The van der Waals surface area contributed by atoms with Crippen molar-refractivity contribution in [3.05, 3.63) is 0 Å². The van der Waals surface area contributed by atoms with E-state index in [-0.39, 0.29) is 5.54 Å². The van der Waals surface area contributed by atoms with Gasteiger partial charge < -0.3 is 15.5 Å². The monoisotopic (exact) mass is 268 g/mol. The van der Waals surface area contributed by atoms with E-state index in [0.29, 0.717) is 6.04 Å². The minimum absolute atomic E-state index is 0.274. The van der Waals surface area contributed by atoms with Crippen LogP contribution < -0.4 is 5.73 Å². The first kappa shape index (κ1) is 15.2. The van der Waals surface area contributed by atoms with Crippen LogP contribution in [0.4, 0.5) is 0 Å². The van der Waals surface area contributed by atoms with E-state index in [0.717, 1.165) is 6.54 Å². The van der Waals surface area contributed by atoms with E-state index in [2.05, 4.69) is 35.6 Å². The molecule has 4 nitrogen and oxygen atoms in total. The molecule has 2 fully saturated rings. The Hall–Kier alpha value is -0.160. The molecule has 0 radical (unpaired) electrons. The second-order valence-corrected chi connectivity index (χ2v) is 6.70. The second kappa shape index (κ2) is 6.53. The highest BCUT2D eigenvalue weighted by Crippen LogP contribution is 2.29. The molecule has 0 unspecified atom stereocenters. The van der Waals surface area contributed by atoms with Crippen LogP contribution in [-0.4, -0.2) is 79.1 Å². The molecule has 4 heteroatoms. The van der Waals surface area contributed by atoms with Crippen LogP contribution in [0.3, 0.4) is 0 Å². The maximum absolute atomic E-state index is 6.20. The van der Waals surface area contributed by atoms with Gasteiger partial charge in [0.2, 0.25) is 0 Å². The van der Waals surface area contributed by atoms with E-state index in [1.165, 1.54) is 58.5 Å². The smallest absolute Gasteiger partial charge is 0.0356 e.